The molecule has 0 bridgehead atoms. The Hall–Kier alpha value is -0.910. The van der Waals surface area contributed by atoms with E-state index in [1.807, 2.05) is 0 Å². The van der Waals surface area contributed by atoms with Crippen molar-refractivity contribution in [1.82, 2.24) is 5.32 Å². The van der Waals surface area contributed by atoms with E-state index in [0.29, 0.717) is 13.0 Å². The molecule has 5 heteroatoms. The first-order valence-corrected chi connectivity index (χ1v) is 7.21. The van der Waals surface area contributed by atoms with Crippen molar-refractivity contribution in [2.75, 3.05) is 13.7 Å². The Kier molecular flexibility index (Phi) is 4.74. The second-order valence-electron chi connectivity index (χ2n) is 4.61. The third-order valence-electron chi connectivity index (χ3n) is 3.40. The van der Waals surface area contributed by atoms with E-state index in [1.54, 1.807) is 18.4 Å². The molecule has 1 aromatic heterocycles. The lowest BCUT2D eigenvalue weighted by Gasteiger charge is -2.24. The van der Waals surface area contributed by atoms with Gasteiger partial charge in [-0.15, -0.1) is 11.3 Å². The smallest absolute Gasteiger partial charge is 0.223 e. The van der Waals surface area contributed by atoms with Crippen LogP contribution < -0.4 is 11.1 Å². The molecule has 100 valence electrons. The zero-order chi connectivity index (χ0) is 13.0. The number of aryl methyl sites for hydroxylation is 1. The number of amides is 1. The van der Waals surface area contributed by atoms with Crippen LogP contribution in [0.4, 0.5) is 0 Å². The van der Waals surface area contributed by atoms with Gasteiger partial charge in [-0.2, -0.15) is 0 Å². The molecule has 0 aliphatic heterocycles. The second-order valence-corrected chi connectivity index (χ2v) is 5.61. The number of methoxy groups -OCH3 is 1. The van der Waals surface area contributed by atoms with Gasteiger partial charge in [-0.05, 0) is 36.3 Å². The highest BCUT2D eigenvalue weighted by molar-refractivity contribution is 7.10. The third kappa shape index (κ3) is 3.10. The van der Waals surface area contributed by atoms with Gasteiger partial charge in [-0.1, -0.05) is 0 Å². The highest BCUT2D eigenvalue weighted by Crippen LogP contribution is 2.33. The highest BCUT2D eigenvalue weighted by Gasteiger charge is 2.23. The lowest BCUT2D eigenvalue weighted by atomic mass is 9.94. The molecule has 4 nitrogen and oxygen atoms in total. The summed E-state index contributed by atoms with van der Waals surface area (Å²) in [6.45, 7) is 0.373. The number of hydrogen-bond donors (Lipinski definition) is 2. The van der Waals surface area contributed by atoms with Crippen LogP contribution in [0.15, 0.2) is 11.4 Å². The van der Waals surface area contributed by atoms with E-state index in [-0.39, 0.29) is 18.1 Å². The maximum absolute atomic E-state index is 11.9. The van der Waals surface area contributed by atoms with Crippen molar-refractivity contribution in [3.05, 3.63) is 21.9 Å². The predicted octanol–water partition coefficient (Wildman–Crippen LogP) is 1.61. The third-order valence-corrected chi connectivity index (χ3v) is 4.39. The molecule has 1 amide bonds. The Morgan fingerprint density at radius 1 is 1.72 bits per heavy atom. The van der Waals surface area contributed by atoms with Crippen LogP contribution in [0.2, 0.25) is 0 Å². The molecule has 1 aromatic rings. The number of rotatable bonds is 5. The minimum absolute atomic E-state index is 0.0244. The summed E-state index contributed by atoms with van der Waals surface area (Å²) in [6, 6.07) is 2.30. The molecule has 2 unspecified atom stereocenters. The van der Waals surface area contributed by atoms with E-state index in [0.717, 1.165) is 19.3 Å². The maximum Gasteiger partial charge on any atom is 0.223 e. The van der Waals surface area contributed by atoms with Gasteiger partial charge in [-0.25, -0.2) is 0 Å². The van der Waals surface area contributed by atoms with E-state index in [4.69, 9.17) is 10.5 Å². The van der Waals surface area contributed by atoms with Crippen LogP contribution in [0, 0.1) is 0 Å². The van der Waals surface area contributed by atoms with Gasteiger partial charge in [0.2, 0.25) is 5.91 Å². The van der Waals surface area contributed by atoms with Gasteiger partial charge in [0.15, 0.2) is 0 Å². The van der Waals surface area contributed by atoms with Crippen LogP contribution in [0.1, 0.15) is 35.7 Å². The molecule has 1 aliphatic carbocycles. The zero-order valence-corrected chi connectivity index (χ0v) is 11.5. The monoisotopic (exact) mass is 268 g/mol. The van der Waals surface area contributed by atoms with E-state index in [9.17, 15) is 4.79 Å². The van der Waals surface area contributed by atoms with Gasteiger partial charge < -0.3 is 15.8 Å². The predicted molar refractivity (Wildman–Crippen MR) is 72.6 cm³/mol. The summed E-state index contributed by atoms with van der Waals surface area (Å²) >= 11 is 1.78. The fraction of sp³-hybridized carbons (Fsp3) is 0.615. The normalized spacial score (nSPS) is 20.2. The maximum atomic E-state index is 11.9. The first kappa shape index (κ1) is 13.5. The summed E-state index contributed by atoms with van der Waals surface area (Å²) in [5, 5.41) is 5.20. The number of carbonyl (C=O) groups is 1. The molecule has 3 N–H and O–H groups in total. The fourth-order valence-corrected chi connectivity index (χ4v) is 3.35. The Bertz CT molecular complexity index is 401. The largest absolute Gasteiger partial charge is 0.380 e. The van der Waals surface area contributed by atoms with Crippen molar-refractivity contribution in [2.45, 2.75) is 37.8 Å². The van der Waals surface area contributed by atoms with Crippen molar-refractivity contribution < 1.29 is 9.53 Å². The van der Waals surface area contributed by atoms with Gasteiger partial charge >= 0.3 is 0 Å². The first-order chi connectivity index (χ1) is 8.74. The minimum Gasteiger partial charge on any atom is -0.380 e. The Morgan fingerprint density at radius 3 is 3.28 bits per heavy atom. The summed E-state index contributed by atoms with van der Waals surface area (Å²) < 4.78 is 5.13. The number of ether oxygens (including phenoxy) is 1. The van der Waals surface area contributed by atoms with Crippen molar-refractivity contribution in [1.29, 1.82) is 0 Å². The number of thiophene rings is 1. The van der Waals surface area contributed by atoms with Crippen molar-refractivity contribution in [2.24, 2.45) is 5.73 Å². The van der Waals surface area contributed by atoms with E-state index >= 15 is 0 Å². The van der Waals surface area contributed by atoms with Gasteiger partial charge in [-0.3, -0.25) is 4.79 Å². The van der Waals surface area contributed by atoms with Crippen LogP contribution in [0.25, 0.3) is 0 Å². The van der Waals surface area contributed by atoms with Crippen molar-refractivity contribution >= 4 is 17.2 Å². The van der Waals surface area contributed by atoms with E-state index in [2.05, 4.69) is 16.8 Å². The van der Waals surface area contributed by atoms with Crippen LogP contribution in [0.3, 0.4) is 0 Å². The zero-order valence-electron chi connectivity index (χ0n) is 10.6. The topological polar surface area (TPSA) is 64.3 Å². The number of hydrogen-bond acceptors (Lipinski definition) is 4. The van der Waals surface area contributed by atoms with Gasteiger partial charge in [0, 0.05) is 18.5 Å². The Labute approximate surface area is 112 Å². The molecule has 0 spiro atoms. The van der Waals surface area contributed by atoms with Crippen LogP contribution in [-0.4, -0.2) is 25.7 Å². The Balaban J connectivity index is 1.93. The quantitative estimate of drug-likeness (QED) is 0.852. The molecule has 2 atom stereocenters. The standard InChI is InChI=1S/C13H20N2O2S/c1-17-9(8-14)7-13(16)15-11-3-2-4-12-10(11)5-6-18-12/h5-6,9,11H,2-4,7-8,14H2,1H3,(H,15,16). The summed E-state index contributed by atoms with van der Waals surface area (Å²) in [7, 11) is 1.59. The number of carbonyl (C=O) groups excluding carboxylic acids is 1. The first-order valence-electron chi connectivity index (χ1n) is 6.33. The summed E-state index contributed by atoms with van der Waals surface area (Å²) in [6.07, 6.45) is 3.46. The molecule has 0 saturated carbocycles. The number of nitrogens with one attached hydrogen (secondary N) is 1. The molecule has 1 heterocycles. The molecule has 0 saturated heterocycles. The summed E-state index contributed by atoms with van der Waals surface area (Å²) in [5.74, 6) is 0.0244. The van der Waals surface area contributed by atoms with Crippen LogP contribution in [-0.2, 0) is 16.0 Å². The molecular formula is C13H20N2O2S. The molecule has 2 rings (SSSR count). The van der Waals surface area contributed by atoms with Crippen LogP contribution >= 0.6 is 11.3 Å². The van der Waals surface area contributed by atoms with Gasteiger partial charge in [0.25, 0.3) is 0 Å². The van der Waals surface area contributed by atoms with E-state index in [1.165, 1.54) is 10.4 Å². The summed E-state index contributed by atoms with van der Waals surface area (Å²) in [4.78, 5) is 13.3. The number of nitrogens with two attached hydrogens (primary N) is 1. The SMILES string of the molecule is COC(CN)CC(=O)NC1CCCc2sccc21. The molecule has 0 aromatic carbocycles. The average Bonchev–Trinajstić information content (AvgIpc) is 2.85. The minimum atomic E-state index is -0.185. The molecule has 18 heavy (non-hydrogen) atoms. The lowest BCUT2D eigenvalue weighted by molar-refractivity contribution is -0.124. The lowest BCUT2D eigenvalue weighted by Crippen LogP contribution is -2.35. The van der Waals surface area contributed by atoms with Gasteiger partial charge in [0.05, 0.1) is 18.6 Å². The molecule has 1 aliphatic rings. The second kappa shape index (κ2) is 6.31. The molecule has 0 radical (unpaired) electrons. The molecule has 0 fully saturated rings. The molecular weight excluding hydrogens is 248 g/mol. The fourth-order valence-electron chi connectivity index (χ4n) is 2.36. The van der Waals surface area contributed by atoms with Crippen molar-refractivity contribution in [3.63, 3.8) is 0 Å². The van der Waals surface area contributed by atoms with Crippen molar-refractivity contribution in [3.8, 4) is 0 Å². The number of fused-ring (bicyclic) bond motifs is 1. The Morgan fingerprint density at radius 2 is 2.56 bits per heavy atom. The van der Waals surface area contributed by atoms with Gasteiger partial charge in [0.1, 0.15) is 0 Å². The summed E-state index contributed by atoms with van der Waals surface area (Å²) in [5.41, 5.74) is 6.81. The highest BCUT2D eigenvalue weighted by atomic mass is 32.1. The van der Waals surface area contributed by atoms with Crippen LogP contribution in [0.5, 0.6) is 0 Å². The van der Waals surface area contributed by atoms with E-state index < -0.39 is 0 Å². The average molecular weight is 268 g/mol.